The molecule has 2 aromatic heterocycles. The van der Waals surface area contributed by atoms with Crippen molar-refractivity contribution in [2.75, 3.05) is 19.5 Å². The molecular formula is C14H16N2O3S2. The summed E-state index contributed by atoms with van der Waals surface area (Å²) in [6.45, 7) is 1.97. The first-order valence-corrected chi connectivity index (χ1v) is 8.03. The van der Waals surface area contributed by atoms with E-state index in [1.807, 2.05) is 24.4 Å². The van der Waals surface area contributed by atoms with Gasteiger partial charge in [-0.25, -0.2) is 9.59 Å². The van der Waals surface area contributed by atoms with Gasteiger partial charge in [0.2, 0.25) is 0 Å². The van der Waals surface area contributed by atoms with Crippen LogP contribution in [0.3, 0.4) is 0 Å². The molecule has 0 fully saturated rings. The van der Waals surface area contributed by atoms with Crippen LogP contribution in [-0.4, -0.2) is 31.1 Å². The number of carbonyl (C=O) groups excluding carboxylic acids is 2. The Kier molecular flexibility index (Phi) is 4.98. The molecule has 0 saturated carbocycles. The van der Waals surface area contributed by atoms with Gasteiger partial charge in [0, 0.05) is 17.3 Å². The number of hydrogen-bond acceptors (Lipinski definition) is 5. The topological polar surface area (TPSA) is 58.6 Å². The largest absolute Gasteiger partial charge is 0.465 e. The number of anilines is 1. The zero-order valence-corrected chi connectivity index (χ0v) is 13.6. The number of amides is 2. The van der Waals surface area contributed by atoms with Crippen molar-refractivity contribution < 1.29 is 14.3 Å². The summed E-state index contributed by atoms with van der Waals surface area (Å²) in [4.78, 5) is 26.3. The third kappa shape index (κ3) is 3.62. The molecular weight excluding hydrogens is 308 g/mol. The molecule has 0 aliphatic rings. The molecule has 0 saturated heterocycles. The van der Waals surface area contributed by atoms with Crippen LogP contribution in [0, 0.1) is 0 Å². The molecule has 2 rings (SSSR count). The number of urea groups is 1. The van der Waals surface area contributed by atoms with Crippen molar-refractivity contribution in [2.24, 2.45) is 0 Å². The van der Waals surface area contributed by atoms with Gasteiger partial charge >= 0.3 is 12.0 Å². The smallest absolute Gasteiger partial charge is 0.338 e. The van der Waals surface area contributed by atoms with Crippen LogP contribution in [0.25, 0.3) is 0 Å². The van der Waals surface area contributed by atoms with Crippen LogP contribution < -0.4 is 5.32 Å². The van der Waals surface area contributed by atoms with E-state index in [2.05, 4.69) is 10.1 Å². The fourth-order valence-electron chi connectivity index (χ4n) is 1.72. The van der Waals surface area contributed by atoms with E-state index in [9.17, 15) is 9.59 Å². The van der Waals surface area contributed by atoms with Crippen LogP contribution in [0.2, 0.25) is 0 Å². The average molecular weight is 324 g/mol. The van der Waals surface area contributed by atoms with Crippen LogP contribution >= 0.6 is 22.7 Å². The number of nitrogens with one attached hydrogen (secondary N) is 1. The van der Waals surface area contributed by atoms with Crippen LogP contribution in [0.5, 0.6) is 0 Å². The predicted molar refractivity (Wildman–Crippen MR) is 85.2 cm³/mol. The lowest BCUT2D eigenvalue weighted by Crippen LogP contribution is -2.33. The number of ether oxygens (including phenoxy) is 1. The van der Waals surface area contributed by atoms with Gasteiger partial charge in [-0.05, 0) is 24.4 Å². The maximum Gasteiger partial charge on any atom is 0.338 e. The lowest BCUT2D eigenvalue weighted by Gasteiger charge is -2.24. The molecule has 1 unspecified atom stereocenters. The van der Waals surface area contributed by atoms with Crippen LogP contribution in [0.1, 0.15) is 28.2 Å². The fourth-order valence-corrected chi connectivity index (χ4v) is 3.30. The summed E-state index contributed by atoms with van der Waals surface area (Å²) in [7, 11) is 3.07. The summed E-state index contributed by atoms with van der Waals surface area (Å²) in [5, 5.41) is 7.05. The van der Waals surface area contributed by atoms with Gasteiger partial charge in [0.25, 0.3) is 0 Å². The first-order valence-electron chi connectivity index (χ1n) is 6.27. The van der Waals surface area contributed by atoms with Crippen LogP contribution in [0.4, 0.5) is 9.80 Å². The molecule has 0 spiro atoms. The van der Waals surface area contributed by atoms with E-state index in [-0.39, 0.29) is 12.1 Å². The molecule has 0 bridgehead atoms. The van der Waals surface area contributed by atoms with Gasteiger partial charge in [-0.3, -0.25) is 5.32 Å². The molecule has 0 aliphatic heterocycles. The third-order valence-electron chi connectivity index (χ3n) is 3.11. The van der Waals surface area contributed by atoms with E-state index >= 15 is 0 Å². The van der Waals surface area contributed by atoms with E-state index in [1.54, 1.807) is 34.7 Å². The minimum atomic E-state index is -0.410. The molecule has 0 radical (unpaired) electrons. The SMILES string of the molecule is COC(=O)c1csc(NC(=O)N(C)C(C)c2cccs2)c1. The van der Waals surface area contributed by atoms with Crippen LogP contribution in [-0.2, 0) is 4.74 Å². The Labute approximate surface area is 131 Å². The van der Waals surface area contributed by atoms with E-state index in [4.69, 9.17) is 0 Å². The highest BCUT2D eigenvalue weighted by atomic mass is 32.1. The van der Waals surface area contributed by atoms with Gasteiger partial charge < -0.3 is 9.64 Å². The van der Waals surface area contributed by atoms with Crippen molar-refractivity contribution in [1.29, 1.82) is 0 Å². The molecule has 21 heavy (non-hydrogen) atoms. The lowest BCUT2D eigenvalue weighted by molar-refractivity contribution is 0.0601. The van der Waals surface area contributed by atoms with Crippen molar-refractivity contribution in [2.45, 2.75) is 13.0 Å². The summed E-state index contributed by atoms with van der Waals surface area (Å²) < 4.78 is 4.64. The number of esters is 1. The Morgan fingerprint density at radius 3 is 2.76 bits per heavy atom. The minimum Gasteiger partial charge on any atom is -0.465 e. The second-order valence-electron chi connectivity index (χ2n) is 4.42. The normalized spacial score (nSPS) is 11.8. The van der Waals surface area contributed by atoms with Crippen molar-refractivity contribution in [1.82, 2.24) is 4.90 Å². The number of thiophene rings is 2. The zero-order chi connectivity index (χ0) is 15.4. The molecule has 7 heteroatoms. The van der Waals surface area contributed by atoms with Gasteiger partial charge in [-0.15, -0.1) is 22.7 Å². The monoisotopic (exact) mass is 324 g/mol. The molecule has 112 valence electrons. The molecule has 2 amide bonds. The molecule has 1 N–H and O–H groups in total. The average Bonchev–Trinajstić information content (AvgIpc) is 3.16. The van der Waals surface area contributed by atoms with Gasteiger partial charge in [-0.1, -0.05) is 6.07 Å². The fraction of sp³-hybridized carbons (Fsp3) is 0.286. The van der Waals surface area contributed by atoms with E-state index in [0.717, 1.165) is 4.88 Å². The van der Waals surface area contributed by atoms with Crippen molar-refractivity contribution in [3.05, 3.63) is 39.4 Å². The zero-order valence-electron chi connectivity index (χ0n) is 12.0. The summed E-state index contributed by atoms with van der Waals surface area (Å²) in [5.41, 5.74) is 0.437. The number of rotatable bonds is 4. The van der Waals surface area contributed by atoms with Gasteiger partial charge in [0.1, 0.15) is 0 Å². The molecule has 0 aliphatic carbocycles. The van der Waals surface area contributed by atoms with Gasteiger partial charge in [0.15, 0.2) is 0 Å². The van der Waals surface area contributed by atoms with Crippen LogP contribution in [0.15, 0.2) is 29.0 Å². The lowest BCUT2D eigenvalue weighted by atomic mass is 10.2. The Morgan fingerprint density at radius 2 is 2.14 bits per heavy atom. The predicted octanol–water partition coefficient (Wildman–Crippen LogP) is 3.82. The number of carbonyl (C=O) groups is 2. The summed E-state index contributed by atoms with van der Waals surface area (Å²) in [5.74, 6) is -0.410. The highest BCUT2D eigenvalue weighted by Gasteiger charge is 2.19. The minimum absolute atomic E-state index is 0.00922. The second-order valence-corrected chi connectivity index (χ2v) is 6.31. The van der Waals surface area contributed by atoms with Crippen molar-refractivity contribution >= 4 is 39.7 Å². The number of hydrogen-bond donors (Lipinski definition) is 1. The van der Waals surface area contributed by atoms with E-state index in [1.165, 1.54) is 18.4 Å². The summed E-state index contributed by atoms with van der Waals surface area (Å²) >= 11 is 2.91. The van der Waals surface area contributed by atoms with Crippen molar-refractivity contribution in [3.8, 4) is 0 Å². The quantitative estimate of drug-likeness (QED) is 0.870. The second kappa shape index (κ2) is 6.73. The number of nitrogens with zero attached hydrogens (tertiary/aromatic N) is 1. The van der Waals surface area contributed by atoms with Gasteiger partial charge in [0.05, 0.1) is 23.7 Å². The summed E-state index contributed by atoms with van der Waals surface area (Å²) in [6.07, 6.45) is 0. The molecule has 1 atom stereocenters. The Balaban J connectivity index is 2.00. The standard InChI is InChI=1S/C14H16N2O3S2/c1-9(11-5-4-6-20-11)16(2)14(18)15-12-7-10(8-21-12)13(17)19-3/h4-9H,1-3H3,(H,15,18). The first-order chi connectivity index (χ1) is 10.0. The van der Waals surface area contributed by atoms with E-state index in [0.29, 0.717) is 10.6 Å². The molecule has 5 nitrogen and oxygen atoms in total. The third-order valence-corrected chi connectivity index (χ3v) is 5.00. The highest BCUT2D eigenvalue weighted by Crippen LogP contribution is 2.25. The molecule has 2 aromatic rings. The van der Waals surface area contributed by atoms with Gasteiger partial charge in [-0.2, -0.15) is 0 Å². The Morgan fingerprint density at radius 1 is 1.38 bits per heavy atom. The first kappa shape index (κ1) is 15.5. The maximum absolute atomic E-state index is 12.2. The van der Waals surface area contributed by atoms with E-state index < -0.39 is 5.97 Å². The highest BCUT2D eigenvalue weighted by molar-refractivity contribution is 7.14. The maximum atomic E-state index is 12.2. The Hall–Kier alpha value is -1.86. The number of methoxy groups -OCH3 is 1. The molecule has 0 aromatic carbocycles. The summed E-state index contributed by atoms with van der Waals surface area (Å²) in [6, 6.07) is 5.35. The molecule has 2 heterocycles. The Bertz CT molecular complexity index is 622. The van der Waals surface area contributed by atoms with Crippen molar-refractivity contribution in [3.63, 3.8) is 0 Å².